The van der Waals surface area contributed by atoms with Crippen molar-refractivity contribution < 1.29 is 14.2 Å². The minimum Gasteiger partial charge on any atom is -0.495 e. The number of nitrogens with zero attached hydrogens (tertiary/aromatic N) is 3. The summed E-state index contributed by atoms with van der Waals surface area (Å²) in [4.78, 5) is 10.6. The van der Waals surface area contributed by atoms with Gasteiger partial charge < -0.3 is 30.2 Å². The number of methoxy groups -OCH3 is 3. The molecule has 0 bridgehead atoms. The first kappa shape index (κ1) is 20.0. The van der Waals surface area contributed by atoms with Gasteiger partial charge in [0.25, 0.3) is 0 Å². The van der Waals surface area contributed by atoms with E-state index in [1.165, 1.54) is 6.33 Å². The number of anilines is 4. The minimum atomic E-state index is 0.418. The molecule has 0 saturated carbocycles. The van der Waals surface area contributed by atoms with Gasteiger partial charge in [-0.2, -0.15) is 0 Å². The first-order chi connectivity index (χ1) is 12.6. The van der Waals surface area contributed by atoms with E-state index in [1.807, 2.05) is 4.90 Å². The molecular formula is C17H24ClN5O3. The van der Waals surface area contributed by atoms with Gasteiger partial charge in [-0.1, -0.05) is 11.6 Å². The molecule has 8 nitrogen and oxygen atoms in total. The summed E-state index contributed by atoms with van der Waals surface area (Å²) in [7, 11) is 4.88. The highest BCUT2D eigenvalue weighted by Gasteiger charge is 2.16. The van der Waals surface area contributed by atoms with Gasteiger partial charge in [-0.05, 0) is 18.2 Å². The molecular weight excluding hydrogens is 358 g/mol. The zero-order valence-electron chi connectivity index (χ0n) is 15.2. The second-order valence-corrected chi connectivity index (χ2v) is 5.84. The number of nitrogens with one attached hydrogen (secondary N) is 1. The van der Waals surface area contributed by atoms with Crippen molar-refractivity contribution in [3.8, 4) is 5.75 Å². The number of hydrogen-bond donors (Lipinski definition) is 2. The fourth-order valence-electron chi connectivity index (χ4n) is 2.37. The van der Waals surface area contributed by atoms with E-state index in [2.05, 4.69) is 15.3 Å². The molecule has 0 saturated heterocycles. The van der Waals surface area contributed by atoms with E-state index in [0.29, 0.717) is 60.1 Å². The molecule has 2 rings (SSSR count). The lowest BCUT2D eigenvalue weighted by Crippen LogP contribution is -2.32. The van der Waals surface area contributed by atoms with E-state index in [-0.39, 0.29) is 0 Å². The molecule has 0 aliphatic heterocycles. The van der Waals surface area contributed by atoms with Crippen molar-refractivity contribution >= 4 is 34.6 Å². The Morgan fingerprint density at radius 2 is 1.81 bits per heavy atom. The van der Waals surface area contributed by atoms with Crippen LogP contribution in [0, 0.1) is 0 Å². The summed E-state index contributed by atoms with van der Waals surface area (Å²) < 4.78 is 15.7. The highest BCUT2D eigenvalue weighted by molar-refractivity contribution is 6.31. The van der Waals surface area contributed by atoms with E-state index in [9.17, 15) is 0 Å². The maximum absolute atomic E-state index is 6.32. The maximum Gasteiger partial charge on any atom is 0.159 e. The lowest BCUT2D eigenvalue weighted by atomic mass is 10.2. The molecule has 0 unspecified atom stereocenters. The van der Waals surface area contributed by atoms with Crippen LogP contribution in [0.2, 0.25) is 5.02 Å². The van der Waals surface area contributed by atoms with Gasteiger partial charge in [0.2, 0.25) is 0 Å². The smallest absolute Gasteiger partial charge is 0.159 e. The van der Waals surface area contributed by atoms with Crippen LogP contribution in [0.4, 0.5) is 23.0 Å². The Labute approximate surface area is 158 Å². The zero-order chi connectivity index (χ0) is 18.9. The maximum atomic E-state index is 6.32. The van der Waals surface area contributed by atoms with Gasteiger partial charge in [-0.3, -0.25) is 0 Å². The summed E-state index contributed by atoms with van der Waals surface area (Å²) in [5.41, 5.74) is 7.40. The highest BCUT2D eigenvalue weighted by atomic mass is 35.5. The van der Waals surface area contributed by atoms with E-state index < -0.39 is 0 Å². The fourth-order valence-corrected chi connectivity index (χ4v) is 2.54. The van der Waals surface area contributed by atoms with Gasteiger partial charge in [-0.15, -0.1) is 0 Å². The Hall–Kier alpha value is -2.29. The molecule has 0 amide bonds. The lowest BCUT2D eigenvalue weighted by molar-refractivity contribution is 0.190. The van der Waals surface area contributed by atoms with Crippen molar-refractivity contribution in [1.29, 1.82) is 0 Å². The summed E-state index contributed by atoms with van der Waals surface area (Å²) in [6.45, 7) is 2.33. The molecule has 9 heteroatoms. The molecule has 142 valence electrons. The Bertz CT molecular complexity index is 709. The van der Waals surface area contributed by atoms with E-state index >= 15 is 0 Å². The van der Waals surface area contributed by atoms with Crippen LogP contribution in [-0.2, 0) is 9.47 Å². The average molecular weight is 382 g/mol. The molecule has 1 aromatic heterocycles. The molecule has 0 aliphatic rings. The Balaban J connectivity index is 2.31. The summed E-state index contributed by atoms with van der Waals surface area (Å²) in [6.07, 6.45) is 1.46. The monoisotopic (exact) mass is 381 g/mol. The molecule has 0 fully saturated rings. The molecule has 0 radical (unpaired) electrons. The first-order valence-corrected chi connectivity index (χ1v) is 8.42. The number of nitrogens with two attached hydrogens (primary N) is 1. The van der Waals surface area contributed by atoms with Gasteiger partial charge >= 0.3 is 0 Å². The van der Waals surface area contributed by atoms with Crippen LogP contribution in [0.25, 0.3) is 0 Å². The Kier molecular flexibility index (Phi) is 7.71. The molecule has 1 heterocycles. The van der Waals surface area contributed by atoms with Gasteiger partial charge in [0, 0.05) is 32.3 Å². The van der Waals surface area contributed by atoms with Gasteiger partial charge in [0.1, 0.15) is 17.8 Å². The van der Waals surface area contributed by atoms with Crippen molar-refractivity contribution in [2.75, 3.05) is 63.6 Å². The second-order valence-electron chi connectivity index (χ2n) is 5.40. The number of ether oxygens (including phenoxy) is 3. The van der Waals surface area contributed by atoms with Crippen LogP contribution in [0.15, 0.2) is 24.5 Å². The van der Waals surface area contributed by atoms with Crippen molar-refractivity contribution in [3.63, 3.8) is 0 Å². The Morgan fingerprint density at radius 1 is 1.12 bits per heavy atom. The number of nitrogen functional groups attached to an aromatic ring is 1. The number of hydrogen-bond acceptors (Lipinski definition) is 8. The van der Waals surface area contributed by atoms with Crippen LogP contribution >= 0.6 is 11.6 Å². The Morgan fingerprint density at radius 3 is 2.42 bits per heavy atom. The van der Waals surface area contributed by atoms with Crippen molar-refractivity contribution in [2.24, 2.45) is 0 Å². The molecule has 1 aromatic carbocycles. The lowest BCUT2D eigenvalue weighted by Gasteiger charge is -2.25. The molecule has 3 N–H and O–H groups in total. The van der Waals surface area contributed by atoms with Crippen LogP contribution in [0.5, 0.6) is 5.75 Å². The van der Waals surface area contributed by atoms with Crippen LogP contribution in [0.3, 0.4) is 0 Å². The van der Waals surface area contributed by atoms with Crippen LogP contribution < -0.4 is 20.7 Å². The molecule has 2 aromatic rings. The number of aromatic nitrogens is 2. The largest absolute Gasteiger partial charge is 0.495 e. The fraction of sp³-hybridized carbons (Fsp3) is 0.412. The zero-order valence-corrected chi connectivity index (χ0v) is 15.9. The van der Waals surface area contributed by atoms with E-state index in [1.54, 1.807) is 39.5 Å². The third kappa shape index (κ3) is 5.10. The number of benzene rings is 1. The third-order valence-corrected chi connectivity index (χ3v) is 3.94. The average Bonchev–Trinajstić information content (AvgIpc) is 2.64. The SMILES string of the molecule is COCCN(CCOC)c1ncnc(Nc2cc(Cl)ccc2OC)c1N. The van der Waals surface area contributed by atoms with Crippen molar-refractivity contribution in [1.82, 2.24) is 9.97 Å². The second kappa shape index (κ2) is 10.0. The minimum absolute atomic E-state index is 0.418. The van der Waals surface area contributed by atoms with Crippen LogP contribution in [0.1, 0.15) is 0 Å². The molecule has 0 atom stereocenters. The number of rotatable bonds is 10. The van der Waals surface area contributed by atoms with Crippen molar-refractivity contribution in [2.45, 2.75) is 0 Å². The summed E-state index contributed by atoms with van der Waals surface area (Å²) in [6, 6.07) is 5.26. The molecule has 0 spiro atoms. The molecule has 0 aliphatic carbocycles. The standard InChI is InChI=1S/C17H24ClN5O3/c1-24-8-6-23(7-9-25-2)17-15(19)16(20-11-21-17)22-13-10-12(18)4-5-14(13)26-3/h4-5,10-11H,6-9,19H2,1-3H3,(H,20,21,22). The predicted octanol–water partition coefficient (Wildman–Crippen LogP) is 2.56. The predicted molar refractivity (Wildman–Crippen MR) is 104 cm³/mol. The quantitative estimate of drug-likeness (QED) is 0.648. The summed E-state index contributed by atoms with van der Waals surface area (Å²) in [5, 5.41) is 3.74. The number of halogens is 1. The topological polar surface area (TPSA) is 94.8 Å². The highest BCUT2D eigenvalue weighted by Crippen LogP contribution is 2.33. The van der Waals surface area contributed by atoms with Gasteiger partial charge in [0.05, 0.1) is 26.0 Å². The van der Waals surface area contributed by atoms with Gasteiger partial charge in [0.15, 0.2) is 11.6 Å². The van der Waals surface area contributed by atoms with Gasteiger partial charge in [-0.25, -0.2) is 9.97 Å². The third-order valence-electron chi connectivity index (χ3n) is 3.71. The van der Waals surface area contributed by atoms with Crippen LogP contribution in [-0.4, -0.2) is 57.6 Å². The van der Waals surface area contributed by atoms with E-state index in [0.717, 1.165) is 0 Å². The molecule has 26 heavy (non-hydrogen) atoms. The normalized spacial score (nSPS) is 10.6. The first-order valence-electron chi connectivity index (χ1n) is 8.04. The van der Waals surface area contributed by atoms with E-state index in [4.69, 9.17) is 31.5 Å². The van der Waals surface area contributed by atoms with Crippen molar-refractivity contribution in [3.05, 3.63) is 29.5 Å². The summed E-state index contributed by atoms with van der Waals surface area (Å²) in [5.74, 6) is 1.71. The summed E-state index contributed by atoms with van der Waals surface area (Å²) >= 11 is 6.08.